The molecule has 2 aliphatic heterocycles. The molecule has 4 amide bonds. The lowest BCUT2D eigenvalue weighted by Gasteiger charge is -2.14. The molecule has 0 saturated carbocycles. The van der Waals surface area contributed by atoms with Crippen LogP contribution in [0.1, 0.15) is 25.7 Å². The number of anilines is 1. The zero-order valence-electron chi connectivity index (χ0n) is 17.0. The van der Waals surface area contributed by atoms with Gasteiger partial charge in [0.15, 0.2) is 0 Å². The lowest BCUT2D eigenvalue weighted by Crippen LogP contribution is -2.32. The topological polar surface area (TPSA) is 119 Å². The molecule has 2 heterocycles. The molecule has 11 heteroatoms. The number of likely N-dealkylation sites (tertiary alicyclic amines) is 1. The SMILES string of the molecule is CN1CC(=O)N(CCCC(=O)Nc2cccc(S(=O)(=O)/N=C3\CCCN3C)c2)C1=O. The monoisotopic (exact) mass is 435 g/mol. The predicted molar refractivity (Wildman–Crippen MR) is 111 cm³/mol. The molecule has 0 spiro atoms. The Hall–Kier alpha value is -2.95. The van der Waals surface area contributed by atoms with Crippen LogP contribution in [0.25, 0.3) is 0 Å². The summed E-state index contributed by atoms with van der Waals surface area (Å²) in [6.07, 6.45) is 1.88. The Bertz CT molecular complexity index is 991. The highest BCUT2D eigenvalue weighted by atomic mass is 32.2. The Morgan fingerprint density at radius 2 is 1.97 bits per heavy atom. The molecule has 162 valence electrons. The maximum absolute atomic E-state index is 12.6. The van der Waals surface area contributed by atoms with Gasteiger partial charge in [-0.05, 0) is 31.0 Å². The third-order valence-corrected chi connectivity index (χ3v) is 6.29. The zero-order chi connectivity index (χ0) is 21.9. The summed E-state index contributed by atoms with van der Waals surface area (Å²) in [4.78, 5) is 40.0. The van der Waals surface area contributed by atoms with E-state index >= 15 is 0 Å². The number of benzene rings is 1. The average molecular weight is 436 g/mol. The maximum atomic E-state index is 12.6. The first-order chi connectivity index (χ1) is 14.2. The molecular weight excluding hydrogens is 410 g/mol. The van der Waals surface area contributed by atoms with Crippen LogP contribution in [0.2, 0.25) is 0 Å². The van der Waals surface area contributed by atoms with E-state index in [9.17, 15) is 22.8 Å². The summed E-state index contributed by atoms with van der Waals surface area (Å²) in [6.45, 7) is 0.983. The van der Waals surface area contributed by atoms with E-state index in [1.807, 2.05) is 4.90 Å². The van der Waals surface area contributed by atoms with Gasteiger partial charge in [0.25, 0.3) is 10.0 Å². The fourth-order valence-corrected chi connectivity index (χ4v) is 4.49. The van der Waals surface area contributed by atoms with E-state index < -0.39 is 10.0 Å². The Labute approximate surface area is 175 Å². The number of amidine groups is 1. The number of hydrogen-bond donors (Lipinski definition) is 1. The average Bonchev–Trinajstić information content (AvgIpc) is 3.18. The van der Waals surface area contributed by atoms with Crippen molar-refractivity contribution in [3.05, 3.63) is 24.3 Å². The van der Waals surface area contributed by atoms with Crippen LogP contribution in [0.3, 0.4) is 0 Å². The van der Waals surface area contributed by atoms with Crippen molar-refractivity contribution in [2.24, 2.45) is 4.40 Å². The molecule has 0 radical (unpaired) electrons. The molecule has 1 aromatic carbocycles. The lowest BCUT2D eigenvalue weighted by atomic mass is 10.2. The zero-order valence-corrected chi connectivity index (χ0v) is 17.8. The van der Waals surface area contributed by atoms with E-state index in [1.54, 1.807) is 26.2 Å². The summed E-state index contributed by atoms with van der Waals surface area (Å²) < 4.78 is 29.1. The highest BCUT2D eigenvalue weighted by Gasteiger charge is 2.32. The lowest BCUT2D eigenvalue weighted by molar-refractivity contribution is -0.125. The van der Waals surface area contributed by atoms with Gasteiger partial charge in [-0.1, -0.05) is 6.07 Å². The molecule has 30 heavy (non-hydrogen) atoms. The van der Waals surface area contributed by atoms with Gasteiger partial charge in [-0.25, -0.2) is 4.79 Å². The van der Waals surface area contributed by atoms with Gasteiger partial charge in [0.1, 0.15) is 12.4 Å². The molecule has 0 unspecified atom stereocenters. The highest BCUT2D eigenvalue weighted by molar-refractivity contribution is 7.90. The molecule has 2 aliphatic rings. The molecule has 2 fully saturated rings. The Morgan fingerprint density at radius 3 is 2.60 bits per heavy atom. The molecule has 0 aromatic heterocycles. The van der Waals surface area contributed by atoms with Crippen molar-refractivity contribution in [3.8, 4) is 0 Å². The Morgan fingerprint density at radius 1 is 1.20 bits per heavy atom. The fourth-order valence-electron chi connectivity index (χ4n) is 3.35. The van der Waals surface area contributed by atoms with Gasteiger partial charge in [0.05, 0.1) is 4.90 Å². The van der Waals surface area contributed by atoms with Gasteiger partial charge in [-0.3, -0.25) is 14.5 Å². The van der Waals surface area contributed by atoms with Gasteiger partial charge in [-0.2, -0.15) is 8.42 Å². The molecule has 0 atom stereocenters. The van der Waals surface area contributed by atoms with Crippen molar-refractivity contribution in [3.63, 3.8) is 0 Å². The number of amides is 4. The number of sulfonamides is 1. The van der Waals surface area contributed by atoms with E-state index in [0.29, 0.717) is 24.4 Å². The first-order valence-corrected chi connectivity index (χ1v) is 11.1. The number of hydrogen-bond acceptors (Lipinski definition) is 5. The maximum Gasteiger partial charge on any atom is 0.326 e. The quantitative estimate of drug-likeness (QED) is 0.641. The third kappa shape index (κ3) is 4.96. The second-order valence-electron chi connectivity index (χ2n) is 7.37. The summed E-state index contributed by atoms with van der Waals surface area (Å²) in [7, 11) is -0.522. The molecule has 1 aromatic rings. The largest absolute Gasteiger partial charge is 0.362 e. The van der Waals surface area contributed by atoms with Crippen LogP contribution in [-0.2, 0) is 19.6 Å². The predicted octanol–water partition coefficient (Wildman–Crippen LogP) is 1.11. The van der Waals surface area contributed by atoms with Gasteiger partial charge in [-0.15, -0.1) is 4.40 Å². The van der Waals surface area contributed by atoms with Crippen LogP contribution in [0.4, 0.5) is 10.5 Å². The summed E-state index contributed by atoms with van der Waals surface area (Å²) >= 11 is 0. The highest BCUT2D eigenvalue weighted by Crippen LogP contribution is 2.20. The van der Waals surface area contributed by atoms with E-state index in [-0.39, 0.29) is 42.3 Å². The molecule has 0 bridgehead atoms. The molecular formula is C19H25N5O5S. The van der Waals surface area contributed by atoms with Gasteiger partial charge in [0.2, 0.25) is 11.8 Å². The number of imide groups is 1. The summed E-state index contributed by atoms with van der Waals surface area (Å²) in [6, 6.07) is 5.57. The van der Waals surface area contributed by atoms with E-state index in [1.165, 1.54) is 17.0 Å². The van der Waals surface area contributed by atoms with Crippen molar-refractivity contribution in [2.75, 3.05) is 39.0 Å². The molecule has 1 N–H and O–H groups in total. The minimum Gasteiger partial charge on any atom is -0.362 e. The van der Waals surface area contributed by atoms with Crippen molar-refractivity contribution in [1.29, 1.82) is 0 Å². The number of likely N-dealkylation sites (N-methyl/N-ethyl adjacent to an activating group) is 1. The molecule has 10 nitrogen and oxygen atoms in total. The molecule has 2 saturated heterocycles. The van der Waals surface area contributed by atoms with Crippen molar-refractivity contribution >= 4 is 39.4 Å². The third-order valence-electron chi connectivity index (χ3n) is 4.99. The first-order valence-electron chi connectivity index (χ1n) is 9.68. The van der Waals surface area contributed by atoms with Crippen molar-refractivity contribution in [2.45, 2.75) is 30.6 Å². The van der Waals surface area contributed by atoms with Gasteiger partial charge < -0.3 is 15.1 Å². The normalized spacial score (nSPS) is 18.6. The van der Waals surface area contributed by atoms with Gasteiger partial charge in [0, 0.05) is 45.7 Å². The fraction of sp³-hybridized carbons (Fsp3) is 0.474. The summed E-state index contributed by atoms with van der Waals surface area (Å²) in [5.74, 6) is -0.0877. The minimum atomic E-state index is -3.87. The summed E-state index contributed by atoms with van der Waals surface area (Å²) in [5.41, 5.74) is 0.342. The first kappa shape index (κ1) is 21.8. The number of nitrogens with one attached hydrogen (secondary N) is 1. The van der Waals surface area contributed by atoms with Crippen molar-refractivity contribution < 1.29 is 22.8 Å². The van der Waals surface area contributed by atoms with E-state index in [4.69, 9.17) is 0 Å². The molecule has 3 rings (SSSR count). The van der Waals surface area contributed by atoms with Crippen molar-refractivity contribution in [1.82, 2.24) is 14.7 Å². The summed E-state index contributed by atoms with van der Waals surface area (Å²) in [5, 5.41) is 2.65. The number of nitrogens with zero attached hydrogens (tertiary/aromatic N) is 4. The molecule has 0 aliphatic carbocycles. The Kier molecular flexibility index (Phi) is 6.40. The van der Waals surface area contributed by atoms with Gasteiger partial charge >= 0.3 is 6.03 Å². The smallest absolute Gasteiger partial charge is 0.326 e. The van der Waals surface area contributed by atoms with Crippen LogP contribution in [0.5, 0.6) is 0 Å². The number of carbonyl (C=O) groups excluding carboxylic acids is 3. The minimum absolute atomic E-state index is 0.00407. The van der Waals surface area contributed by atoms with E-state index in [0.717, 1.165) is 17.9 Å². The second-order valence-corrected chi connectivity index (χ2v) is 8.98. The number of urea groups is 1. The van der Waals surface area contributed by atoms with Crippen LogP contribution >= 0.6 is 0 Å². The van der Waals surface area contributed by atoms with Crippen LogP contribution in [0.15, 0.2) is 33.6 Å². The van der Waals surface area contributed by atoms with Crippen LogP contribution in [0, 0.1) is 0 Å². The van der Waals surface area contributed by atoms with Crippen LogP contribution in [-0.4, -0.2) is 80.5 Å². The second kappa shape index (κ2) is 8.82. The van der Waals surface area contributed by atoms with E-state index in [2.05, 4.69) is 9.71 Å². The number of rotatable bonds is 7. The number of carbonyl (C=O) groups is 3. The van der Waals surface area contributed by atoms with Crippen LogP contribution < -0.4 is 5.32 Å². The standard InChI is InChI=1S/C19H25N5O5S/c1-22-10-4-8-16(22)21-30(28,29)15-7-3-6-14(12-15)20-17(25)9-5-11-24-18(26)13-23(2)19(24)27/h3,6-7,12H,4-5,8-11,13H2,1-2H3,(H,20,25)/b21-16+. The Balaban J connectivity index is 1.58.